The van der Waals surface area contributed by atoms with Gasteiger partial charge < -0.3 is 0 Å². The SMILES string of the molecule is N#CSS(=O)OP(N)(=O)OS(=O)SC#N. The largest absolute Gasteiger partial charge is 0.430 e. The van der Waals surface area contributed by atoms with Crippen LogP contribution in [-0.2, 0) is 32.7 Å². The topological polar surface area (TPSA) is 143 Å². The summed E-state index contributed by atoms with van der Waals surface area (Å²) in [6.45, 7) is 0. The zero-order valence-corrected chi connectivity index (χ0v) is 10.8. The van der Waals surface area contributed by atoms with Gasteiger partial charge in [-0.1, -0.05) is 0 Å². The van der Waals surface area contributed by atoms with Gasteiger partial charge in [-0.3, -0.25) is 0 Å². The number of nitrogens with zero attached hydrogens (tertiary/aromatic N) is 2. The summed E-state index contributed by atoms with van der Waals surface area (Å²) in [7, 11) is -8.59. The van der Waals surface area contributed by atoms with Gasteiger partial charge in [-0.25, -0.2) is 18.5 Å². The fraction of sp³-hybridized carbons (Fsp3) is 0. The number of hydrogen-bond acceptors (Lipinski definition) is 9. The Morgan fingerprint density at radius 1 is 1.13 bits per heavy atom. The Kier molecular flexibility index (Phi) is 7.42. The molecule has 0 rings (SSSR count). The van der Waals surface area contributed by atoms with Crippen molar-refractivity contribution in [2.24, 2.45) is 5.50 Å². The van der Waals surface area contributed by atoms with E-state index in [0.717, 1.165) is 0 Å². The van der Waals surface area contributed by atoms with E-state index in [-0.39, 0.29) is 21.6 Å². The minimum atomic E-state index is -4.31. The van der Waals surface area contributed by atoms with Crippen molar-refractivity contribution in [2.45, 2.75) is 0 Å². The van der Waals surface area contributed by atoms with Crippen LogP contribution in [0.3, 0.4) is 0 Å². The summed E-state index contributed by atoms with van der Waals surface area (Å²) in [5.74, 6) is 0. The van der Waals surface area contributed by atoms with Crippen LogP contribution in [0.25, 0.3) is 0 Å². The third-order valence-corrected chi connectivity index (χ3v) is 5.96. The first-order valence-electron chi connectivity index (χ1n) is 2.66. The molecule has 0 aromatic rings. The van der Waals surface area contributed by atoms with Crippen molar-refractivity contribution in [1.29, 1.82) is 10.5 Å². The van der Waals surface area contributed by atoms with Crippen LogP contribution in [0, 0.1) is 21.3 Å². The van der Waals surface area contributed by atoms with Crippen molar-refractivity contribution in [2.75, 3.05) is 0 Å². The Hall–Kier alpha value is 0.0900. The Balaban J connectivity index is 4.27. The molecule has 0 saturated carbocycles. The lowest BCUT2D eigenvalue weighted by atomic mass is 11.8. The van der Waals surface area contributed by atoms with Crippen LogP contribution in [0.2, 0.25) is 0 Å². The molecule has 2 unspecified atom stereocenters. The molecule has 0 spiro atoms. The molecule has 2 atom stereocenters. The van der Waals surface area contributed by atoms with Crippen molar-refractivity contribution >= 4 is 49.6 Å². The number of nitrogens with two attached hydrogens (primary N) is 1. The third kappa shape index (κ3) is 7.96. The highest BCUT2D eigenvalue weighted by molar-refractivity contribution is 8.70. The number of rotatable bonds is 6. The Labute approximate surface area is 97.2 Å². The maximum absolute atomic E-state index is 11.1. The summed E-state index contributed by atoms with van der Waals surface area (Å²) in [5.41, 5.74) is 4.86. The standard InChI is InChI=1S/C2H2N3O5PS4/c3-1-12-14(7)9-11(5,6)10-15(8)13-2-4/h(H2,5,6). The molecule has 84 valence electrons. The van der Waals surface area contributed by atoms with Gasteiger partial charge in [0.15, 0.2) is 0 Å². The fourth-order valence-corrected chi connectivity index (χ4v) is 4.76. The Bertz CT molecular complexity index is 364. The molecule has 0 saturated heterocycles. The van der Waals surface area contributed by atoms with Gasteiger partial charge in [0.05, 0.1) is 21.6 Å². The lowest BCUT2D eigenvalue weighted by Gasteiger charge is -2.07. The zero-order chi connectivity index (χ0) is 11.9. The van der Waals surface area contributed by atoms with Crippen LogP contribution in [0.5, 0.6) is 0 Å². The second-order valence-corrected chi connectivity index (χ2v) is 7.87. The molecule has 0 fully saturated rings. The summed E-state index contributed by atoms with van der Waals surface area (Å²) in [6.07, 6.45) is 0. The predicted octanol–water partition coefficient (Wildman–Crippen LogP) is 0.672. The number of nitriles is 2. The van der Waals surface area contributed by atoms with E-state index in [9.17, 15) is 13.0 Å². The van der Waals surface area contributed by atoms with Crippen LogP contribution in [-0.4, -0.2) is 8.42 Å². The van der Waals surface area contributed by atoms with E-state index in [1.54, 1.807) is 0 Å². The predicted molar refractivity (Wildman–Crippen MR) is 56.7 cm³/mol. The average Bonchev–Trinajstić information content (AvgIpc) is 2.01. The summed E-state index contributed by atoms with van der Waals surface area (Å²) in [4.78, 5) is 0. The molecule has 0 heterocycles. The molecule has 0 aliphatic carbocycles. The molecule has 8 nitrogen and oxygen atoms in total. The first-order valence-corrected chi connectivity index (χ1v) is 9.09. The van der Waals surface area contributed by atoms with E-state index in [1.165, 1.54) is 10.8 Å². The van der Waals surface area contributed by atoms with Gasteiger partial charge in [0, 0.05) is 0 Å². The molecule has 0 bridgehead atoms. The molecule has 0 radical (unpaired) electrons. The lowest BCUT2D eigenvalue weighted by molar-refractivity contribution is 0.418. The van der Waals surface area contributed by atoms with E-state index in [4.69, 9.17) is 16.0 Å². The molecular weight excluding hydrogens is 305 g/mol. The van der Waals surface area contributed by atoms with Crippen molar-refractivity contribution < 1.29 is 20.9 Å². The maximum atomic E-state index is 11.1. The fourth-order valence-electron chi connectivity index (χ4n) is 0.273. The minimum Gasteiger partial charge on any atom is -0.239 e. The molecule has 0 amide bonds. The smallest absolute Gasteiger partial charge is 0.239 e. The van der Waals surface area contributed by atoms with E-state index < -0.39 is 28.0 Å². The molecule has 0 aliphatic heterocycles. The average molecular weight is 307 g/mol. The van der Waals surface area contributed by atoms with Crippen molar-refractivity contribution in [1.82, 2.24) is 0 Å². The van der Waals surface area contributed by atoms with Gasteiger partial charge in [-0.05, 0) is 0 Å². The number of hydrogen-bond donors (Lipinski definition) is 1. The van der Waals surface area contributed by atoms with Crippen LogP contribution in [0.1, 0.15) is 0 Å². The molecule has 13 heteroatoms. The second-order valence-electron chi connectivity index (χ2n) is 1.45. The molecule has 0 aromatic heterocycles. The Morgan fingerprint density at radius 3 is 1.73 bits per heavy atom. The molecule has 0 aliphatic rings. The van der Waals surface area contributed by atoms with Crippen molar-refractivity contribution in [3.8, 4) is 10.8 Å². The number of thiocyanates is 2. The summed E-state index contributed by atoms with van der Waals surface area (Å²) < 4.78 is 40.7. The monoisotopic (exact) mass is 307 g/mol. The summed E-state index contributed by atoms with van der Waals surface area (Å²) in [5, 5.41) is 18.9. The summed E-state index contributed by atoms with van der Waals surface area (Å²) >= 11 is 0. The Morgan fingerprint density at radius 2 is 1.47 bits per heavy atom. The lowest BCUT2D eigenvalue weighted by Crippen LogP contribution is -2.04. The van der Waals surface area contributed by atoms with Gasteiger partial charge >= 0.3 is 7.75 Å². The van der Waals surface area contributed by atoms with E-state index >= 15 is 0 Å². The van der Waals surface area contributed by atoms with Gasteiger partial charge in [0.1, 0.15) is 10.8 Å². The van der Waals surface area contributed by atoms with Gasteiger partial charge in [-0.15, -0.1) is 0 Å². The van der Waals surface area contributed by atoms with Gasteiger partial charge in [-0.2, -0.15) is 18.5 Å². The highest BCUT2D eigenvalue weighted by atomic mass is 33.1. The van der Waals surface area contributed by atoms with E-state index in [1.807, 2.05) is 0 Å². The zero-order valence-electron chi connectivity index (χ0n) is 6.59. The molecular formula is C2H2N3O5PS4. The van der Waals surface area contributed by atoms with Gasteiger partial charge in [0.25, 0.3) is 0 Å². The quantitative estimate of drug-likeness (QED) is 0.422. The first kappa shape index (κ1) is 15.1. The van der Waals surface area contributed by atoms with Gasteiger partial charge in [0.2, 0.25) is 20.2 Å². The first-order chi connectivity index (χ1) is 6.91. The second kappa shape index (κ2) is 7.38. The molecule has 2 N–H and O–H groups in total. The highest BCUT2D eigenvalue weighted by Gasteiger charge is 2.27. The van der Waals surface area contributed by atoms with Crippen LogP contribution >= 0.6 is 29.3 Å². The molecule has 0 aromatic carbocycles. The third-order valence-electron chi connectivity index (χ3n) is 0.540. The van der Waals surface area contributed by atoms with Crippen molar-refractivity contribution in [3.63, 3.8) is 0 Å². The normalized spacial score (nSPS) is 18.1. The van der Waals surface area contributed by atoms with Crippen LogP contribution in [0.15, 0.2) is 0 Å². The van der Waals surface area contributed by atoms with Crippen LogP contribution < -0.4 is 5.50 Å². The minimum absolute atomic E-state index is 0.151. The van der Waals surface area contributed by atoms with Crippen LogP contribution in [0.4, 0.5) is 0 Å². The van der Waals surface area contributed by atoms with Crippen molar-refractivity contribution in [3.05, 3.63) is 0 Å². The summed E-state index contributed by atoms with van der Waals surface area (Å²) in [6, 6.07) is 0. The molecule has 15 heavy (non-hydrogen) atoms. The van der Waals surface area contributed by atoms with E-state index in [2.05, 4.69) is 7.94 Å². The maximum Gasteiger partial charge on any atom is 0.430 e. The highest BCUT2D eigenvalue weighted by Crippen LogP contribution is 2.44. The van der Waals surface area contributed by atoms with E-state index in [0.29, 0.717) is 0 Å².